The van der Waals surface area contributed by atoms with Crippen molar-refractivity contribution in [2.24, 2.45) is 0 Å². The zero-order chi connectivity index (χ0) is 9.00. The van der Waals surface area contributed by atoms with E-state index in [9.17, 15) is 0 Å². The van der Waals surface area contributed by atoms with Gasteiger partial charge in [0.15, 0.2) is 0 Å². The van der Waals surface area contributed by atoms with Crippen LogP contribution in [0.2, 0.25) is 0 Å². The molecular weight excluding hydrogens is 304 g/mol. The van der Waals surface area contributed by atoms with Gasteiger partial charge in [0.05, 0.1) is 0 Å². The van der Waals surface area contributed by atoms with Gasteiger partial charge in [-0.2, -0.15) is 0 Å². The Morgan fingerprint density at radius 3 is 0.692 bits per heavy atom. The quantitative estimate of drug-likeness (QED) is 0.190. The van der Waals surface area contributed by atoms with E-state index in [2.05, 4.69) is 0 Å². The molecule has 0 bridgehead atoms. The fraction of sp³-hybridized carbons (Fsp3) is 0. The second-order valence-electron chi connectivity index (χ2n) is 1.03. The maximum atomic E-state index is 8.88. The molecular formula is H9ClK2O8P2. The maximum absolute atomic E-state index is 8.88. The SMILES string of the molecule is Cl.O=P(O)(O)O.O=P(O)(O)O.[H-].[H-].[K+].[K+]. The van der Waals surface area contributed by atoms with Gasteiger partial charge in [0.25, 0.3) is 0 Å². The van der Waals surface area contributed by atoms with E-state index in [-0.39, 0.29) is 118 Å². The van der Waals surface area contributed by atoms with E-state index in [1.807, 2.05) is 0 Å². The van der Waals surface area contributed by atoms with Gasteiger partial charge < -0.3 is 32.2 Å². The second kappa shape index (κ2) is 13.8. The van der Waals surface area contributed by atoms with Gasteiger partial charge in [-0.05, 0) is 0 Å². The van der Waals surface area contributed by atoms with Crippen LogP contribution in [0.4, 0.5) is 0 Å². The second-order valence-corrected chi connectivity index (χ2v) is 3.08. The maximum Gasteiger partial charge on any atom is 1.00 e. The number of phosphoric acid groups is 2. The minimum atomic E-state index is -4.64. The fourth-order valence-electron chi connectivity index (χ4n) is 0. The van der Waals surface area contributed by atoms with E-state index in [0.29, 0.717) is 0 Å². The average Bonchev–Trinajstić information content (AvgIpc) is 1.12. The molecule has 76 valence electrons. The van der Waals surface area contributed by atoms with Crippen LogP contribution in [0.15, 0.2) is 0 Å². The van der Waals surface area contributed by atoms with Crippen molar-refractivity contribution in [1.29, 1.82) is 0 Å². The third-order valence-corrected chi connectivity index (χ3v) is 0. The molecule has 13 heteroatoms. The third-order valence-electron chi connectivity index (χ3n) is 0. The number of halogens is 1. The average molecular weight is 313 g/mol. The first-order valence-corrected chi connectivity index (χ1v) is 4.70. The first-order chi connectivity index (χ1) is 4.00. The third kappa shape index (κ3) is 210. The van der Waals surface area contributed by atoms with Crippen molar-refractivity contribution >= 4 is 28.1 Å². The van der Waals surface area contributed by atoms with E-state index in [1.165, 1.54) is 0 Å². The smallest absolute Gasteiger partial charge is 1.00 e. The van der Waals surface area contributed by atoms with Crippen molar-refractivity contribution in [3.8, 4) is 0 Å². The fourth-order valence-corrected chi connectivity index (χ4v) is 0. The summed E-state index contributed by atoms with van der Waals surface area (Å²) in [5.41, 5.74) is 0. The van der Waals surface area contributed by atoms with Gasteiger partial charge in [0.1, 0.15) is 0 Å². The first-order valence-electron chi connectivity index (χ1n) is 1.57. The normalized spacial score (nSPS) is 9.08. The van der Waals surface area contributed by atoms with Gasteiger partial charge in [0, 0.05) is 0 Å². The van der Waals surface area contributed by atoms with Crippen LogP contribution in [0.5, 0.6) is 0 Å². The van der Waals surface area contributed by atoms with Crippen LogP contribution in [0.1, 0.15) is 2.85 Å². The Labute approximate surface area is 168 Å². The molecule has 0 amide bonds. The Morgan fingerprint density at radius 2 is 0.692 bits per heavy atom. The molecule has 0 radical (unpaired) electrons. The van der Waals surface area contributed by atoms with Crippen LogP contribution >= 0.6 is 28.1 Å². The Morgan fingerprint density at radius 1 is 0.692 bits per heavy atom. The number of rotatable bonds is 0. The van der Waals surface area contributed by atoms with Crippen molar-refractivity contribution < 1.29 is 144 Å². The summed E-state index contributed by atoms with van der Waals surface area (Å²) in [4.78, 5) is 43.1. The molecule has 0 aromatic heterocycles. The Bertz CT molecular complexity index is 141. The largest absolute Gasteiger partial charge is 1.00 e. The van der Waals surface area contributed by atoms with E-state index >= 15 is 0 Å². The minimum Gasteiger partial charge on any atom is -1.00 e. The first kappa shape index (κ1) is 30.1. The molecule has 0 aliphatic carbocycles. The van der Waals surface area contributed by atoms with Crippen LogP contribution in [0.3, 0.4) is 0 Å². The number of hydrogen-bond donors (Lipinski definition) is 6. The molecule has 0 aliphatic rings. The number of hydrogen-bond acceptors (Lipinski definition) is 2. The van der Waals surface area contributed by atoms with Crippen molar-refractivity contribution in [3.05, 3.63) is 0 Å². The van der Waals surface area contributed by atoms with E-state index in [1.54, 1.807) is 0 Å². The molecule has 0 fully saturated rings. The van der Waals surface area contributed by atoms with Crippen LogP contribution in [-0.4, -0.2) is 29.4 Å². The summed E-state index contributed by atoms with van der Waals surface area (Å²) >= 11 is 0. The van der Waals surface area contributed by atoms with E-state index in [4.69, 9.17) is 38.5 Å². The van der Waals surface area contributed by atoms with E-state index in [0.717, 1.165) is 0 Å². The molecule has 8 nitrogen and oxygen atoms in total. The van der Waals surface area contributed by atoms with Gasteiger partial charge in [-0.15, -0.1) is 12.4 Å². The minimum absolute atomic E-state index is 0. The zero-order valence-corrected chi connectivity index (χ0v) is 15.7. The molecule has 0 atom stereocenters. The van der Waals surface area contributed by atoms with Crippen molar-refractivity contribution in [3.63, 3.8) is 0 Å². The van der Waals surface area contributed by atoms with Gasteiger partial charge in [-0.1, -0.05) is 0 Å². The molecule has 0 aromatic rings. The van der Waals surface area contributed by atoms with Crippen LogP contribution < -0.4 is 103 Å². The molecule has 0 saturated heterocycles. The monoisotopic (exact) mass is 312 g/mol. The summed E-state index contributed by atoms with van der Waals surface area (Å²) in [7, 11) is -9.28. The molecule has 0 heterocycles. The molecule has 0 unspecified atom stereocenters. The molecule has 0 rings (SSSR count). The molecule has 6 N–H and O–H groups in total. The van der Waals surface area contributed by atoms with Crippen LogP contribution in [0.25, 0.3) is 0 Å². The van der Waals surface area contributed by atoms with Crippen molar-refractivity contribution in [1.82, 2.24) is 0 Å². The zero-order valence-electron chi connectivity index (χ0n) is 8.80. The summed E-state index contributed by atoms with van der Waals surface area (Å²) in [6, 6.07) is 0. The summed E-state index contributed by atoms with van der Waals surface area (Å²) in [5.74, 6) is 0. The summed E-state index contributed by atoms with van der Waals surface area (Å²) in [5, 5.41) is 0. The van der Waals surface area contributed by atoms with Gasteiger partial charge in [0.2, 0.25) is 0 Å². The van der Waals surface area contributed by atoms with Crippen LogP contribution in [-0.2, 0) is 9.13 Å². The van der Waals surface area contributed by atoms with E-state index < -0.39 is 15.6 Å². The Hall–Kier alpha value is 3.78. The van der Waals surface area contributed by atoms with Gasteiger partial charge >= 0.3 is 118 Å². The summed E-state index contributed by atoms with van der Waals surface area (Å²) in [6.45, 7) is 0. The standard InChI is InChI=1S/ClH.2K.2H3O4P.2H/c;;;2*1-5(2,3)4;;/h1H;;;2*(H3,1,2,3,4);;/q;2*+1;;;2*-1. The molecule has 13 heavy (non-hydrogen) atoms. The predicted octanol–water partition coefficient (Wildman–Crippen LogP) is -7.20. The van der Waals surface area contributed by atoms with Gasteiger partial charge in [-0.3, -0.25) is 0 Å². The molecule has 0 aliphatic heterocycles. The Kier molecular flexibility index (Phi) is 32.1. The topological polar surface area (TPSA) is 156 Å². The van der Waals surface area contributed by atoms with Gasteiger partial charge in [-0.25, -0.2) is 9.13 Å². The predicted molar refractivity (Wildman–Crippen MR) is 38.0 cm³/mol. The van der Waals surface area contributed by atoms with Crippen LogP contribution in [0, 0.1) is 0 Å². The Balaban J connectivity index is -0.0000000128. The summed E-state index contributed by atoms with van der Waals surface area (Å²) in [6.07, 6.45) is 0. The molecule has 0 saturated carbocycles. The molecule has 0 aromatic carbocycles. The van der Waals surface area contributed by atoms with Crippen molar-refractivity contribution in [2.75, 3.05) is 0 Å². The molecule has 0 spiro atoms. The van der Waals surface area contributed by atoms with Crippen molar-refractivity contribution in [2.45, 2.75) is 0 Å². The summed E-state index contributed by atoms with van der Waals surface area (Å²) < 4.78 is 17.8.